The normalized spacial score (nSPS) is 12.8. The van der Waals surface area contributed by atoms with Crippen molar-refractivity contribution in [3.05, 3.63) is 90.0 Å². The SMILES string of the molecule is Clc1ccc(N2c3nc4ccccc4cc3Sc3cc4ccccc4nc32)cc1. The molecule has 0 aliphatic carbocycles. The van der Waals surface area contributed by atoms with E-state index in [0.29, 0.717) is 5.02 Å². The summed E-state index contributed by atoms with van der Waals surface area (Å²) in [7, 11) is 0. The molecule has 6 rings (SSSR count). The first-order chi connectivity index (χ1) is 14.3. The molecule has 29 heavy (non-hydrogen) atoms. The molecule has 0 saturated heterocycles. The number of halogens is 1. The summed E-state index contributed by atoms with van der Waals surface area (Å²) in [6.45, 7) is 0. The third kappa shape index (κ3) is 2.76. The molecule has 3 aromatic carbocycles. The molecule has 0 N–H and O–H groups in total. The number of benzene rings is 3. The van der Waals surface area contributed by atoms with Crippen LogP contribution in [0.15, 0.2) is 94.7 Å². The van der Waals surface area contributed by atoms with Gasteiger partial charge in [-0.3, -0.25) is 4.90 Å². The second-order valence-electron chi connectivity index (χ2n) is 6.92. The van der Waals surface area contributed by atoms with Crippen LogP contribution in [0.3, 0.4) is 0 Å². The van der Waals surface area contributed by atoms with Crippen molar-refractivity contribution in [2.45, 2.75) is 9.79 Å². The maximum Gasteiger partial charge on any atom is 0.153 e. The summed E-state index contributed by atoms with van der Waals surface area (Å²) < 4.78 is 0. The van der Waals surface area contributed by atoms with Crippen LogP contribution in [0.25, 0.3) is 21.8 Å². The quantitative estimate of drug-likeness (QED) is 0.282. The van der Waals surface area contributed by atoms with Gasteiger partial charge in [-0.05, 0) is 48.5 Å². The second kappa shape index (κ2) is 6.48. The lowest BCUT2D eigenvalue weighted by Gasteiger charge is -2.31. The highest BCUT2D eigenvalue weighted by atomic mass is 35.5. The van der Waals surface area contributed by atoms with E-state index in [4.69, 9.17) is 21.6 Å². The van der Waals surface area contributed by atoms with E-state index >= 15 is 0 Å². The van der Waals surface area contributed by atoms with Crippen molar-refractivity contribution in [1.29, 1.82) is 0 Å². The molecule has 0 unspecified atom stereocenters. The highest BCUT2D eigenvalue weighted by Gasteiger charge is 2.28. The third-order valence-electron chi connectivity index (χ3n) is 5.07. The Labute approximate surface area is 177 Å². The van der Waals surface area contributed by atoms with Crippen LogP contribution in [0, 0.1) is 0 Å². The maximum absolute atomic E-state index is 6.15. The van der Waals surface area contributed by atoms with Crippen LogP contribution in [0.5, 0.6) is 0 Å². The Hall–Kier alpha value is -3.08. The van der Waals surface area contributed by atoms with E-state index in [-0.39, 0.29) is 0 Å². The molecule has 2 aromatic heterocycles. The first-order valence-electron chi connectivity index (χ1n) is 9.29. The first kappa shape index (κ1) is 16.8. The van der Waals surface area contributed by atoms with E-state index in [9.17, 15) is 0 Å². The molecule has 0 bridgehead atoms. The zero-order valence-electron chi connectivity index (χ0n) is 15.2. The standard InChI is InChI=1S/C24H14ClN3S/c25-17-9-11-18(12-10-17)28-23-21(13-15-5-1-3-7-19(15)26-23)29-22-14-16-6-2-4-8-20(16)27-24(22)28/h1-14H. The molecule has 1 aliphatic rings. The minimum Gasteiger partial charge on any atom is -0.277 e. The minimum absolute atomic E-state index is 0.707. The molecule has 3 heterocycles. The molecular formula is C24H14ClN3S. The van der Waals surface area contributed by atoms with Crippen LogP contribution in [-0.2, 0) is 0 Å². The molecule has 0 fully saturated rings. The fourth-order valence-electron chi connectivity index (χ4n) is 3.70. The van der Waals surface area contributed by atoms with Crippen LogP contribution >= 0.6 is 23.4 Å². The van der Waals surface area contributed by atoms with E-state index < -0.39 is 0 Å². The van der Waals surface area contributed by atoms with Crippen molar-refractivity contribution < 1.29 is 0 Å². The highest BCUT2D eigenvalue weighted by molar-refractivity contribution is 7.99. The van der Waals surface area contributed by atoms with Crippen LogP contribution in [0.1, 0.15) is 0 Å². The van der Waals surface area contributed by atoms with Crippen LogP contribution in [0.4, 0.5) is 17.3 Å². The number of rotatable bonds is 1. The number of pyridine rings is 2. The lowest BCUT2D eigenvalue weighted by Crippen LogP contribution is -2.18. The number of para-hydroxylation sites is 2. The molecule has 1 aliphatic heterocycles. The fraction of sp³-hybridized carbons (Fsp3) is 0. The zero-order valence-corrected chi connectivity index (χ0v) is 16.8. The van der Waals surface area contributed by atoms with Gasteiger partial charge in [0.15, 0.2) is 11.6 Å². The van der Waals surface area contributed by atoms with Gasteiger partial charge in [-0.1, -0.05) is 59.8 Å². The largest absolute Gasteiger partial charge is 0.277 e. The summed E-state index contributed by atoms with van der Waals surface area (Å²) >= 11 is 7.87. The van der Waals surface area contributed by atoms with Crippen LogP contribution in [0.2, 0.25) is 5.02 Å². The van der Waals surface area contributed by atoms with Gasteiger partial charge in [-0.15, -0.1) is 0 Å². The highest BCUT2D eigenvalue weighted by Crippen LogP contribution is 2.51. The summed E-state index contributed by atoms with van der Waals surface area (Å²) in [4.78, 5) is 14.4. The second-order valence-corrected chi connectivity index (χ2v) is 8.44. The number of fused-ring (bicyclic) bond motifs is 4. The molecule has 3 nitrogen and oxygen atoms in total. The van der Waals surface area contributed by atoms with Crippen molar-refractivity contribution >= 4 is 62.5 Å². The molecule has 0 radical (unpaired) electrons. The Balaban J connectivity index is 1.66. The van der Waals surface area contributed by atoms with Gasteiger partial charge in [0.2, 0.25) is 0 Å². The molecule has 5 aromatic rings. The van der Waals surface area contributed by atoms with Gasteiger partial charge in [0.05, 0.1) is 20.8 Å². The first-order valence-corrected chi connectivity index (χ1v) is 10.5. The maximum atomic E-state index is 6.15. The fourth-order valence-corrected chi connectivity index (χ4v) is 4.89. The summed E-state index contributed by atoms with van der Waals surface area (Å²) in [5, 5.41) is 2.97. The average Bonchev–Trinajstić information content (AvgIpc) is 2.75. The van der Waals surface area contributed by atoms with Crippen molar-refractivity contribution in [3.8, 4) is 0 Å². The average molecular weight is 412 g/mol. The van der Waals surface area contributed by atoms with Gasteiger partial charge in [0.25, 0.3) is 0 Å². The summed E-state index contributed by atoms with van der Waals surface area (Å²) in [6, 6.07) is 28.7. The Kier molecular flexibility index (Phi) is 3.76. The Morgan fingerprint density at radius 1 is 0.655 bits per heavy atom. The van der Waals surface area contributed by atoms with Crippen molar-refractivity contribution in [2.24, 2.45) is 0 Å². The van der Waals surface area contributed by atoms with Gasteiger partial charge in [-0.2, -0.15) is 0 Å². The number of nitrogens with zero attached hydrogens (tertiary/aromatic N) is 3. The summed E-state index contributed by atoms with van der Waals surface area (Å²) in [5.74, 6) is 1.79. The van der Waals surface area contributed by atoms with E-state index in [2.05, 4.69) is 29.2 Å². The van der Waals surface area contributed by atoms with Crippen molar-refractivity contribution in [2.75, 3.05) is 4.90 Å². The summed E-state index contributed by atoms with van der Waals surface area (Å²) in [6.07, 6.45) is 0. The van der Waals surface area contributed by atoms with E-state index in [1.165, 1.54) is 0 Å². The number of anilines is 3. The van der Waals surface area contributed by atoms with Gasteiger partial charge >= 0.3 is 0 Å². The van der Waals surface area contributed by atoms with E-state index in [0.717, 1.165) is 48.9 Å². The predicted molar refractivity (Wildman–Crippen MR) is 121 cm³/mol. The third-order valence-corrected chi connectivity index (χ3v) is 6.36. The van der Waals surface area contributed by atoms with Gasteiger partial charge in [0.1, 0.15) is 0 Å². The molecule has 5 heteroatoms. The van der Waals surface area contributed by atoms with Gasteiger partial charge in [0, 0.05) is 21.5 Å². The minimum atomic E-state index is 0.707. The molecule has 0 atom stereocenters. The molecular weight excluding hydrogens is 398 g/mol. The monoisotopic (exact) mass is 411 g/mol. The van der Waals surface area contributed by atoms with Crippen LogP contribution in [-0.4, -0.2) is 9.97 Å². The zero-order chi connectivity index (χ0) is 19.4. The lowest BCUT2D eigenvalue weighted by molar-refractivity contribution is 1.07. The molecule has 0 spiro atoms. The predicted octanol–water partition coefficient (Wildman–Crippen LogP) is 7.37. The topological polar surface area (TPSA) is 29.0 Å². The van der Waals surface area contributed by atoms with Gasteiger partial charge in [-0.25, -0.2) is 9.97 Å². The smallest absolute Gasteiger partial charge is 0.153 e. The Morgan fingerprint density at radius 2 is 1.17 bits per heavy atom. The number of hydrogen-bond donors (Lipinski definition) is 0. The van der Waals surface area contributed by atoms with Crippen molar-refractivity contribution in [3.63, 3.8) is 0 Å². The molecule has 0 amide bonds. The molecule has 138 valence electrons. The van der Waals surface area contributed by atoms with Crippen LogP contribution < -0.4 is 4.90 Å². The molecule has 0 saturated carbocycles. The van der Waals surface area contributed by atoms with E-state index in [1.807, 2.05) is 60.7 Å². The Morgan fingerprint density at radius 3 is 1.72 bits per heavy atom. The van der Waals surface area contributed by atoms with Gasteiger partial charge < -0.3 is 0 Å². The Bertz CT molecular complexity index is 1310. The van der Waals surface area contributed by atoms with E-state index in [1.54, 1.807) is 11.8 Å². The number of hydrogen-bond acceptors (Lipinski definition) is 4. The summed E-state index contributed by atoms with van der Waals surface area (Å²) in [5.41, 5.74) is 2.92. The van der Waals surface area contributed by atoms with Crippen molar-refractivity contribution in [1.82, 2.24) is 9.97 Å². The number of aromatic nitrogens is 2. The lowest BCUT2D eigenvalue weighted by atomic mass is 10.2.